The van der Waals surface area contributed by atoms with Gasteiger partial charge in [0, 0.05) is 22.1 Å². The lowest BCUT2D eigenvalue weighted by molar-refractivity contribution is 0.0473. The van der Waals surface area contributed by atoms with Crippen LogP contribution in [0.3, 0.4) is 0 Å². The molecule has 31 heavy (non-hydrogen) atoms. The topological polar surface area (TPSA) is 78.5 Å². The van der Waals surface area contributed by atoms with E-state index in [-0.39, 0.29) is 12.2 Å². The molecule has 5 aromatic rings. The second kappa shape index (κ2) is 7.75. The number of carbonyl (C=O) groups is 1. The fraction of sp³-hybridized carbons (Fsp3) is 0.0909. The zero-order valence-electron chi connectivity index (χ0n) is 16.3. The van der Waals surface area contributed by atoms with Gasteiger partial charge in [0.1, 0.15) is 22.0 Å². The van der Waals surface area contributed by atoms with Crippen molar-refractivity contribution >= 4 is 49.1 Å². The van der Waals surface area contributed by atoms with E-state index in [1.54, 1.807) is 24.4 Å². The first kappa shape index (κ1) is 19.7. The summed E-state index contributed by atoms with van der Waals surface area (Å²) in [5, 5.41) is 5.49. The molecule has 4 heterocycles. The summed E-state index contributed by atoms with van der Waals surface area (Å²) in [7, 11) is 0. The predicted molar refractivity (Wildman–Crippen MR) is 122 cm³/mol. The van der Waals surface area contributed by atoms with Crippen molar-refractivity contribution in [3.05, 3.63) is 91.9 Å². The van der Waals surface area contributed by atoms with Gasteiger partial charge in [0.05, 0.1) is 17.1 Å². The van der Waals surface area contributed by atoms with Crippen molar-refractivity contribution in [1.82, 2.24) is 19.2 Å². The summed E-state index contributed by atoms with van der Waals surface area (Å²) >= 11 is 4.66. The van der Waals surface area contributed by atoms with Gasteiger partial charge in [-0.3, -0.25) is 9.20 Å². The van der Waals surface area contributed by atoms with Crippen LogP contribution in [-0.2, 0) is 11.3 Å². The van der Waals surface area contributed by atoms with E-state index in [2.05, 4.69) is 26.0 Å². The van der Waals surface area contributed by atoms with Crippen LogP contribution in [0.15, 0.2) is 70.1 Å². The summed E-state index contributed by atoms with van der Waals surface area (Å²) in [5.74, 6) is -0.460. The zero-order valence-corrected chi connectivity index (χ0v) is 18.7. The monoisotopic (exact) mass is 494 g/mol. The molecule has 9 heteroatoms. The molecule has 5 rings (SSSR count). The third-order valence-corrected chi connectivity index (χ3v) is 6.33. The highest BCUT2D eigenvalue weighted by molar-refractivity contribution is 9.10. The number of ether oxygens (including phenoxy) is 1. The number of esters is 1. The predicted octanol–water partition coefficient (Wildman–Crippen LogP) is 4.52. The van der Waals surface area contributed by atoms with Gasteiger partial charge in [-0.05, 0) is 53.2 Å². The molecule has 4 aromatic heterocycles. The third-order valence-electron chi connectivity index (χ3n) is 4.77. The highest BCUT2D eigenvalue weighted by Crippen LogP contribution is 2.30. The molecule has 154 valence electrons. The van der Waals surface area contributed by atoms with Gasteiger partial charge in [0.15, 0.2) is 0 Å². The molecule has 0 radical (unpaired) electrons. The van der Waals surface area contributed by atoms with E-state index < -0.39 is 5.97 Å². The van der Waals surface area contributed by atoms with Gasteiger partial charge in [-0.25, -0.2) is 14.5 Å². The minimum absolute atomic E-state index is 0.0846. The molecule has 0 spiro atoms. The number of nitrogens with zero attached hydrogens (tertiary/aromatic N) is 4. The molecule has 0 aliphatic carbocycles. The van der Waals surface area contributed by atoms with Gasteiger partial charge >= 0.3 is 5.97 Å². The first-order chi connectivity index (χ1) is 15.0. The average molecular weight is 495 g/mol. The summed E-state index contributed by atoms with van der Waals surface area (Å²) < 4.78 is 9.48. The number of pyridine rings is 1. The number of hydrogen-bond acceptors (Lipinski definition) is 6. The number of benzene rings is 1. The first-order valence-corrected chi connectivity index (χ1v) is 11.0. The fourth-order valence-electron chi connectivity index (χ4n) is 3.30. The van der Waals surface area contributed by atoms with E-state index in [0.29, 0.717) is 16.2 Å². The zero-order chi connectivity index (χ0) is 21.5. The average Bonchev–Trinajstić information content (AvgIpc) is 3.34. The SMILES string of the molecule is Cc1nn(-c2ccccc2)c2sc(C(=O)OCc3cc(=O)n4cc(Br)ccc4n3)cc12. The molecule has 0 amide bonds. The quantitative estimate of drug-likeness (QED) is 0.343. The number of thiophene rings is 1. The van der Waals surface area contributed by atoms with E-state index in [0.717, 1.165) is 26.1 Å². The van der Waals surface area contributed by atoms with E-state index in [1.165, 1.54) is 21.8 Å². The number of halogens is 1. The lowest BCUT2D eigenvalue weighted by Crippen LogP contribution is -2.16. The minimum Gasteiger partial charge on any atom is -0.455 e. The van der Waals surface area contributed by atoms with Crippen LogP contribution < -0.4 is 5.56 Å². The Kier molecular flexibility index (Phi) is 4.91. The Labute approximate surface area is 188 Å². The minimum atomic E-state index is -0.460. The highest BCUT2D eigenvalue weighted by atomic mass is 79.9. The standard InChI is InChI=1S/C22H15BrN4O3S/c1-13-17-10-18(31-21(17)27(25-13)16-5-3-2-4-6-16)22(29)30-12-15-9-20(28)26-11-14(23)7-8-19(26)24-15/h2-11H,12H2,1H3. The molecule has 0 bridgehead atoms. The number of para-hydroxylation sites is 1. The normalized spacial score (nSPS) is 11.3. The first-order valence-electron chi connectivity index (χ1n) is 9.39. The maximum Gasteiger partial charge on any atom is 0.348 e. The lowest BCUT2D eigenvalue weighted by Gasteiger charge is -2.05. The third kappa shape index (κ3) is 3.66. The number of aromatic nitrogens is 4. The molecular weight excluding hydrogens is 480 g/mol. The summed E-state index contributed by atoms with van der Waals surface area (Å²) in [4.78, 5) is 30.7. The van der Waals surface area contributed by atoms with E-state index in [4.69, 9.17) is 4.74 Å². The molecule has 7 nitrogen and oxygen atoms in total. The van der Waals surface area contributed by atoms with Gasteiger partial charge < -0.3 is 4.74 Å². The van der Waals surface area contributed by atoms with Crippen molar-refractivity contribution in [2.24, 2.45) is 0 Å². The summed E-state index contributed by atoms with van der Waals surface area (Å²) in [6.07, 6.45) is 1.65. The number of hydrogen-bond donors (Lipinski definition) is 0. The Morgan fingerprint density at radius 1 is 1.16 bits per heavy atom. The van der Waals surface area contributed by atoms with Crippen molar-refractivity contribution in [3.63, 3.8) is 0 Å². The largest absolute Gasteiger partial charge is 0.455 e. The van der Waals surface area contributed by atoms with Crippen molar-refractivity contribution in [2.45, 2.75) is 13.5 Å². The van der Waals surface area contributed by atoms with E-state index in [9.17, 15) is 9.59 Å². The van der Waals surface area contributed by atoms with Crippen LogP contribution in [0.1, 0.15) is 21.1 Å². The molecule has 1 aromatic carbocycles. The summed E-state index contributed by atoms with van der Waals surface area (Å²) in [5.41, 5.74) is 2.41. The van der Waals surface area contributed by atoms with Crippen LogP contribution in [-0.4, -0.2) is 25.1 Å². The number of rotatable bonds is 4. The van der Waals surface area contributed by atoms with Crippen LogP contribution in [0.5, 0.6) is 0 Å². The Hall–Kier alpha value is -3.30. The molecule has 0 saturated heterocycles. The van der Waals surface area contributed by atoms with Gasteiger partial charge in [0.2, 0.25) is 0 Å². The maximum atomic E-state index is 12.7. The van der Waals surface area contributed by atoms with Crippen molar-refractivity contribution < 1.29 is 9.53 Å². The van der Waals surface area contributed by atoms with E-state index in [1.807, 2.05) is 41.9 Å². The van der Waals surface area contributed by atoms with Crippen LogP contribution in [0.4, 0.5) is 0 Å². The molecule has 0 aliphatic heterocycles. The fourth-order valence-corrected chi connectivity index (χ4v) is 4.72. The molecule has 0 saturated carbocycles. The van der Waals surface area contributed by atoms with Gasteiger partial charge in [-0.1, -0.05) is 18.2 Å². The molecular formula is C22H15BrN4O3S. The van der Waals surface area contributed by atoms with Gasteiger partial charge in [0.25, 0.3) is 5.56 Å². The lowest BCUT2D eigenvalue weighted by atomic mass is 10.3. The molecule has 0 N–H and O–H groups in total. The Balaban J connectivity index is 1.40. The maximum absolute atomic E-state index is 12.7. The van der Waals surface area contributed by atoms with Crippen molar-refractivity contribution in [3.8, 4) is 5.69 Å². The van der Waals surface area contributed by atoms with Crippen LogP contribution in [0.2, 0.25) is 0 Å². The van der Waals surface area contributed by atoms with Gasteiger partial charge in [-0.2, -0.15) is 5.10 Å². The van der Waals surface area contributed by atoms with Crippen LogP contribution >= 0.6 is 27.3 Å². The smallest absolute Gasteiger partial charge is 0.348 e. The van der Waals surface area contributed by atoms with Crippen molar-refractivity contribution in [2.75, 3.05) is 0 Å². The van der Waals surface area contributed by atoms with E-state index >= 15 is 0 Å². The number of carbonyl (C=O) groups excluding carboxylic acids is 1. The Bertz CT molecular complexity index is 1500. The second-order valence-electron chi connectivity index (χ2n) is 6.90. The Morgan fingerprint density at radius 2 is 1.97 bits per heavy atom. The Morgan fingerprint density at radius 3 is 2.77 bits per heavy atom. The van der Waals surface area contributed by atoms with Crippen molar-refractivity contribution in [1.29, 1.82) is 0 Å². The van der Waals surface area contributed by atoms with Gasteiger partial charge in [-0.15, -0.1) is 11.3 Å². The van der Waals surface area contributed by atoms with Crippen LogP contribution in [0, 0.1) is 6.92 Å². The second-order valence-corrected chi connectivity index (χ2v) is 8.85. The number of fused-ring (bicyclic) bond motifs is 2. The highest BCUT2D eigenvalue weighted by Gasteiger charge is 2.18. The molecule has 0 aliphatic rings. The van der Waals surface area contributed by atoms with Crippen LogP contribution in [0.25, 0.3) is 21.6 Å². The molecule has 0 unspecified atom stereocenters. The summed E-state index contributed by atoms with van der Waals surface area (Å²) in [6.45, 7) is 1.83. The summed E-state index contributed by atoms with van der Waals surface area (Å²) in [6, 6.07) is 16.4. The number of aryl methyl sites for hydroxylation is 1. The molecule has 0 fully saturated rings. The molecule has 0 atom stereocenters.